The first kappa shape index (κ1) is 9.47. The van der Waals surface area contributed by atoms with E-state index in [1.807, 2.05) is 0 Å². The number of nitrogens with one attached hydrogen (secondary N) is 1. The fourth-order valence-electron chi connectivity index (χ4n) is 0.858. The van der Waals surface area contributed by atoms with Crippen LogP contribution in [0.15, 0.2) is 12.1 Å². The van der Waals surface area contributed by atoms with E-state index >= 15 is 0 Å². The summed E-state index contributed by atoms with van der Waals surface area (Å²) >= 11 is 0. The zero-order chi connectivity index (χ0) is 9.84. The van der Waals surface area contributed by atoms with Gasteiger partial charge < -0.3 is 4.98 Å². The minimum absolute atomic E-state index is 0.324. The number of aromatic nitrogens is 1. The number of aldehydes is 1. The zero-order valence-electron chi connectivity index (χ0n) is 7.40. The molecule has 0 aliphatic rings. The topological polar surface area (TPSA) is 62.4 Å². The summed E-state index contributed by atoms with van der Waals surface area (Å²) in [4.78, 5) is 29.0. The van der Waals surface area contributed by atoms with Crippen LogP contribution in [0, 0.1) is 0 Å². The third kappa shape index (κ3) is 1.94. The van der Waals surface area contributed by atoms with E-state index in [1.54, 1.807) is 0 Å². The molecule has 0 unspecified atom stereocenters. The average molecular weight is 182 g/mol. The van der Waals surface area contributed by atoms with Crippen molar-refractivity contribution >= 4 is 12.2 Å². The molecule has 0 aliphatic carbocycles. The third-order valence-corrected chi connectivity index (χ3v) is 1.63. The van der Waals surface area contributed by atoms with Gasteiger partial charge in [0.2, 0.25) is 0 Å². The first-order valence-electron chi connectivity index (χ1n) is 3.65. The first-order chi connectivity index (χ1) is 6.19. The summed E-state index contributed by atoms with van der Waals surface area (Å²) in [6.45, 7) is 0. The summed E-state index contributed by atoms with van der Waals surface area (Å²) in [7, 11) is 2.88. The number of hydroxylamine groups is 2. The molecule has 0 bridgehead atoms. The molecule has 5 heteroatoms. The van der Waals surface area contributed by atoms with E-state index in [0.29, 0.717) is 17.7 Å². The van der Waals surface area contributed by atoms with Gasteiger partial charge in [0.15, 0.2) is 6.29 Å². The van der Waals surface area contributed by atoms with Crippen LogP contribution in [0.4, 0.5) is 0 Å². The minimum Gasteiger partial charge on any atom is -0.348 e. The van der Waals surface area contributed by atoms with Crippen LogP contribution in [-0.2, 0) is 4.84 Å². The second kappa shape index (κ2) is 3.86. The molecule has 0 aliphatic heterocycles. The second-order valence-electron chi connectivity index (χ2n) is 2.43. The Morgan fingerprint density at radius 2 is 2.31 bits per heavy atom. The standard InChI is InChI=1S/C8H10N2O3/c1-10(13-2)8(12)7-4-3-6(5-11)9-7/h3-5,9H,1-2H3. The summed E-state index contributed by atoms with van der Waals surface area (Å²) in [6, 6.07) is 3.06. The van der Waals surface area contributed by atoms with Gasteiger partial charge in [0.1, 0.15) is 5.69 Å². The Morgan fingerprint density at radius 1 is 1.62 bits per heavy atom. The maximum atomic E-state index is 11.4. The van der Waals surface area contributed by atoms with Gasteiger partial charge in [0.05, 0.1) is 12.8 Å². The normalized spacial score (nSPS) is 9.69. The number of carbonyl (C=O) groups excluding carboxylic acids is 2. The lowest BCUT2D eigenvalue weighted by Crippen LogP contribution is -2.25. The van der Waals surface area contributed by atoms with Gasteiger partial charge in [-0.2, -0.15) is 0 Å². The highest BCUT2D eigenvalue weighted by molar-refractivity contribution is 5.92. The van der Waals surface area contributed by atoms with Gasteiger partial charge in [0, 0.05) is 7.05 Å². The summed E-state index contributed by atoms with van der Waals surface area (Å²) in [5.74, 6) is -0.324. The largest absolute Gasteiger partial charge is 0.348 e. The Labute approximate surface area is 75.3 Å². The van der Waals surface area contributed by atoms with E-state index in [-0.39, 0.29) is 5.91 Å². The maximum absolute atomic E-state index is 11.4. The molecule has 0 radical (unpaired) electrons. The van der Waals surface area contributed by atoms with Crippen molar-refractivity contribution in [1.82, 2.24) is 10.0 Å². The molecule has 0 atom stereocenters. The molecule has 1 N–H and O–H groups in total. The van der Waals surface area contributed by atoms with Crippen LogP contribution in [0.5, 0.6) is 0 Å². The SMILES string of the molecule is CON(C)C(=O)c1ccc(C=O)[nH]1. The molecule has 1 aromatic heterocycles. The van der Waals surface area contributed by atoms with E-state index in [9.17, 15) is 9.59 Å². The molecule has 0 saturated heterocycles. The molecular formula is C8H10N2O3. The van der Waals surface area contributed by atoms with Crippen LogP contribution < -0.4 is 0 Å². The number of H-pyrrole nitrogens is 1. The quantitative estimate of drug-likeness (QED) is 0.545. The van der Waals surface area contributed by atoms with Gasteiger partial charge in [-0.1, -0.05) is 0 Å². The summed E-state index contributed by atoms with van der Waals surface area (Å²) in [5, 5.41) is 1.07. The smallest absolute Gasteiger partial charge is 0.293 e. The van der Waals surface area contributed by atoms with E-state index in [0.717, 1.165) is 5.06 Å². The lowest BCUT2D eigenvalue weighted by molar-refractivity contribution is -0.0760. The molecule has 5 nitrogen and oxygen atoms in total. The van der Waals surface area contributed by atoms with Gasteiger partial charge in [-0.15, -0.1) is 0 Å². The molecule has 70 valence electrons. The van der Waals surface area contributed by atoms with Crippen LogP contribution >= 0.6 is 0 Å². The molecule has 1 amide bonds. The molecule has 1 aromatic rings. The number of amides is 1. The van der Waals surface area contributed by atoms with Crippen molar-refractivity contribution in [3.05, 3.63) is 23.5 Å². The van der Waals surface area contributed by atoms with Crippen molar-refractivity contribution in [1.29, 1.82) is 0 Å². The van der Waals surface area contributed by atoms with Gasteiger partial charge in [0.25, 0.3) is 5.91 Å². The van der Waals surface area contributed by atoms with Gasteiger partial charge in [-0.3, -0.25) is 14.4 Å². The zero-order valence-corrected chi connectivity index (χ0v) is 7.40. The van der Waals surface area contributed by atoms with Gasteiger partial charge >= 0.3 is 0 Å². The highest BCUT2D eigenvalue weighted by atomic mass is 16.7. The van der Waals surface area contributed by atoms with E-state index in [1.165, 1.54) is 26.3 Å². The second-order valence-corrected chi connectivity index (χ2v) is 2.43. The third-order valence-electron chi connectivity index (χ3n) is 1.63. The number of nitrogens with zero attached hydrogens (tertiary/aromatic N) is 1. The fourth-order valence-corrected chi connectivity index (χ4v) is 0.858. The Balaban J connectivity index is 2.82. The number of hydrogen-bond acceptors (Lipinski definition) is 3. The number of hydrogen-bond donors (Lipinski definition) is 1. The average Bonchev–Trinajstić information content (AvgIpc) is 2.63. The van der Waals surface area contributed by atoms with E-state index in [4.69, 9.17) is 0 Å². The number of carbonyl (C=O) groups is 2. The molecule has 1 heterocycles. The summed E-state index contributed by atoms with van der Waals surface area (Å²) < 4.78 is 0. The minimum atomic E-state index is -0.324. The highest BCUT2D eigenvalue weighted by Gasteiger charge is 2.12. The van der Waals surface area contributed by atoms with Crippen LogP contribution in [0.3, 0.4) is 0 Å². The van der Waals surface area contributed by atoms with Crippen molar-refractivity contribution in [2.75, 3.05) is 14.2 Å². The Hall–Kier alpha value is -1.62. The lowest BCUT2D eigenvalue weighted by Gasteiger charge is -2.11. The predicted octanol–water partition coefficient (Wildman–Crippen LogP) is 0.461. The molecule has 0 fully saturated rings. The van der Waals surface area contributed by atoms with Crippen molar-refractivity contribution in [3.8, 4) is 0 Å². The van der Waals surface area contributed by atoms with E-state index < -0.39 is 0 Å². The fraction of sp³-hybridized carbons (Fsp3) is 0.250. The monoisotopic (exact) mass is 182 g/mol. The predicted molar refractivity (Wildman–Crippen MR) is 45.3 cm³/mol. The van der Waals surface area contributed by atoms with E-state index in [2.05, 4.69) is 9.82 Å². The molecular weight excluding hydrogens is 172 g/mol. The Bertz CT molecular complexity index is 319. The Morgan fingerprint density at radius 3 is 2.77 bits per heavy atom. The van der Waals surface area contributed by atoms with Crippen LogP contribution in [0.2, 0.25) is 0 Å². The number of rotatable bonds is 3. The molecule has 0 spiro atoms. The van der Waals surface area contributed by atoms with Crippen molar-refractivity contribution in [3.63, 3.8) is 0 Å². The van der Waals surface area contributed by atoms with Gasteiger partial charge in [-0.25, -0.2) is 5.06 Å². The number of aromatic amines is 1. The summed E-state index contributed by atoms with van der Waals surface area (Å²) in [5.41, 5.74) is 0.694. The summed E-state index contributed by atoms with van der Waals surface area (Å²) in [6.07, 6.45) is 0.642. The van der Waals surface area contributed by atoms with Crippen LogP contribution in [0.25, 0.3) is 0 Å². The maximum Gasteiger partial charge on any atom is 0.293 e. The molecule has 13 heavy (non-hydrogen) atoms. The van der Waals surface area contributed by atoms with Crippen LogP contribution in [-0.4, -0.2) is 36.4 Å². The van der Waals surface area contributed by atoms with Crippen molar-refractivity contribution in [2.24, 2.45) is 0 Å². The van der Waals surface area contributed by atoms with Crippen LogP contribution in [0.1, 0.15) is 21.0 Å². The van der Waals surface area contributed by atoms with Crippen molar-refractivity contribution in [2.45, 2.75) is 0 Å². The van der Waals surface area contributed by atoms with Gasteiger partial charge in [-0.05, 0) is 12.1 Å². The van der Waals surface area contributed by atoms with Crippen molar-refractivity contribution < 1.29 is 14.4 Å². The first-order valence-corrected chi connectivity index (χ1v) is 3.65. The molecule has 0 saturated carbocycles. The molecule has 1 rings (SSSR count). The Kier molecular flexibility index (Phi) is 2.81. The lowest BCUT2D eigenvalue weighted by atomic mass is 10.4. The highest BCUT2D eigenvalue weighted by Crippen LogP contribution is 2.02. The molecule has 0 aromatic carbocycles.